The summed E-state index contributed by atoms with van der Waals surface area (Å²) in [6.07, 6.45) is 3.50. The first-order valence-electron chi connectivity index (χ1n) is 12.8. The van der Waals surface area contributed by atoms with Crippen molar-refractivity contribution in [3.63, 3.8) is 0 Å². The molecule has 6 nitrogen and oxygen atoms in total. The molecule has 0 bridgehead atoms. The predicted molar refractivity (Wildman–Crippen MR) is 141 cm³/mol. The molecule has 1 saturated heterocycles. The smallest absolute Gasteiger partial charge is 0.273 e. The molecule has 0 radical (unpaired) electrons. The number of rotatable bonds is 7. The number of benzene rings is 2. The Kier molecular flexibility index (Phi) is 7.37. The standard InChI is InChI=1S/C29H33N3O3S/c1-20(2)16-27(33)32-15-12-21-10-11-23(17-24(21)28(32)22-8-4-3-5-9-22)35-18-26-30-25(19-36-26)29(34)31-13-6-7-14-31/h3-5,8-11,17,19-20,28H,6-7,12-16,18H2,1-2H3/t28-/m0/s1. The molecule has 188 valence electrons. The average molecular weight is 504 g/mol. The number of carbonyl (C=O) groups excluding carboxylic acids is 2. The molecule has 0 unspecified atom stereocenters. The van der Waals surface area contributed by atoms with E-state index in [1.165, 1.54) is 16.9 Å². The summed E-state index contributed by atoms with van der Waals surface area (Å²) in [5.41, 5.74) is 3.98. The molecular formula is C29H33N3O3S. The van der Waals surface area contributed by atoms with E-state index in [0.717, 1.165) is 54.2 Å². The van der Waals surface area contributed by atoms with E-state index >= 15 is 0 Å². The van der Waals surface area contributed by atoms with E-state index in [1.54, 1.807) is 0 Å². The monoisotopic (exact) mass is 503 g/mol. The third kappa shape index (κ3) is 5.31. The Morgan fingerprint density at radius 3 is 2.61 bits per heavy atom. The highest BCUT2D eigenvalue weighted by molar-refractivity contribution is 7.09. The van der Waals surface area contributed by atoms with E-state index in [-0.39, 0.29) is 17.9 Å². The van der Waals surface area contributed by atoms with Gasteiger partial charge in [0.2, 0.25) is 5.91 Å². The number of thiazole rings is 1. The molecule has 0 N–H and O–H groups in total. The summed E-state index contributed by atoms with van der Waals surface area (Å²) in [6.45, 7) is 6.82. The maximum atomic E-state index is 13.2. The zero-order valence-corrected chi connectivity index (χ0v) is 21.8. The molecule has 0 aliphatic carbocycles. The Morgan fingerprint density at radius 1 is 1.08 bits per heavy atom. The van der Waals surface area contributed by atoms with E-state index in [4.69, 9.17) is 4.74 Å². The molecule has 2 amide bonds. The van der Waals surface area contributed by atoms with Crippen LogP contribution in [-0.2, 0) is 17.8 Å². The SMILES string of the molecule is CC(C)CC(=O)N1CCc2ccc(OCc3nc(C(=O)N4CCCC4)cs3)cc2[C@@H]1c1ccccc1. The summed E-state index contributed by atoms with van der Waals surface area (Å²) < 4.78 is 6.14. The second-order valence-electron chi connectivity index (χ2n) is 10.0. The topological polar surface area (TPSA) is 62.7 Å². The lowest BCUT2D eigenvalue weighted by Crippen LogP contribution is -2.41. The number of aromatic nitrogens is 1. The van der Waals surface area contributed by atoms with Gasteiger partial charge in [0.15, 0.2) is 0 Å². The van der Waals surface area contributed by atoms with Crippen molar-refractivity contribution in [2.24, 2.45) is 5.92 Å². The molecule has 1 atom stereocenters. The van der Waals surface area contributed by atoms with E-state index < -0.39 is 0 Å². The molecule has 3 heterocycles. The van der Waals surface area contributed by atoms with Gasteiger partial charge in [0.25, 0.3) is 5.91 Å². The molecule has 0 saturated carbocycles. The largest absolute Gasteiger partial charge is 0.486 e. The molecule has 2 aromatic carbocycles. The summed E-state index contributed by atoms with van der Waals surface area (Å²) in [5.74, 6) is 1.26. The predicted octanol–water partition coefficient (Wildman–Crippen LogP) is 5.48. The van der Waals surface area contributed by atoms with Crippen molar-refractivity contribution in [3.8, 4) is 5.75 Å². The summed E-state index contributed by atoms with van der Waals surface area (Å²) >= 11 is 1.46. The number of fused-ring (bicyclic) bond motifs is 1. The number of likely N-dealkylation sites (tertiary alicyclic amines) is 1. The van der Waals surface area contributed by atoms with Gasteiger partial charge in [-0.1, -0.05) is 50.2 Å². The van der Waals surface area contributed by atoms with Crippen molar-refractivity contribution in [1.82, 2.24) is 14.8 Å². The van der Waals surface area contributed by atoms with Gasteiger partial charge in [-0.05, 0) is 54.0 Å². The molecule has 3 aromatic rings. The Hall–Kier alpha value is -3.19. The van der Waals surface area contributed by atoms with Gasteiger partial charge in [-0.15, -0.1) is 11.3 Å². The van der Waals surface area contributed by atoms with Gasteiger partial charge in [0.05, 0.1) is 6.04 Å². The van der Waals surface area contributed by atoms with Crippen LogP contribution in [0.15, 0.2) is 53.9 Å². The van der Waals surface area contributed by atoms with Crippen LogP contribution in [0.1, 0.15) is 71.3 Å². The molecule has 5 rings (SSSR count). The summed E-state index contributed by atoms with van der Waals surface area (Å²) in [4.78, 5) is 34.3. The fraction of sp³-hybridized carbons (Fsp3) is 0.414. The lowest BCUT2D eigenvalue weighted by molar-refractivity contribution is -0.134. The minimum absolute atomic E-state index is 0.0145. The van der Waals surface area contributed by atoms with Gasteiger partial charge in [-0.3, -0.25) is 9.59 Å². The summed E-state index contributed by atoms with van der Waals surface area (Å²) in [5, 5.41) is 2.61. The Bertz CT molecular complexity index is 1220. The van der Waals surface area contributed by atoms with Crippen LogP contribution in [-0.4, -0.2) is 46.2 Å². The van der Waals surface area contributed by atoms with E-state index in [2.05, 4.69) is 43.1 Å². The van der Waals surface area contributed by atoms with Gasteiger partial charge >= 0.3 is 0 Å². The summed E-state index contributed by atoms with van der Waals surface area (Å²) in [7, 11) is 0. The second kappa shape index (κ2) is 10.8. The van der Waals surface area contributed by atoms with E-state index in [9.17, 15) is 9.59 Å². The van der Waals surface area contributed by atoms with Crippen LogP contribution in [0.4, 0.5) is 0 Å². The first-order chi connectivity index (χ1) is 17.5. The fourth-order valence-electron chi connectivity index (χ4n) is 5.12. The van der Waals surface area contributed by atoms with Crippen molar-refractivity contribution in [2.45, 2.75) is 52.2 Å². The lowest BCUT2D eigenvalue weighted by atomic mass is 9.87. The van der Waals surface area contributed by atoms with Crippen molar-refractivity contribution in [2.75, 3.05) is 19.6 Å². The molecule has 1 aromatic heterocycles. The van der Waals surface area contributed by atoms with Crippen LogP contribution in [0.2, 0.25) is 0 Å². The van der Waals surface area contributed by atoms with Gasteiger partial charge in [0.1, 0.15) is 23.1 Å². The average Bonchev–Trinajstić information content (AvgIpc) is 3.59. The Morgan fingerprint density at radius 2 is 1.86 bits per heavy atom. The number of amides is 2. The van der Waals surface area contributed by atoms with Gasteiger partial charge in [-0.25, -0.2) is 4.98 Å². The highest BCUT2D eigenvalue weighted by Crippen LogP contribution is 2.38. The maximum absolute atomic E-state index is 13.2. The first-order valence-corrected chi connectivity index (χ1v) is 13.7. The maximum Gasteiger partial charge on any atom is 0.273 e. The highest BCUT2D eigenvalue weighted by atomic mass is 32.1. The zero-order chi connectivity index (χ0) is 25.1. The molecule has 7 heteroatoms. The fourth-order valence-corrected chi connectivity index (χ4v) is 5.79. The number of hydrogen-bond donors (Lipinski definition) is 0. The van der Waals surface area contributed by atoms with Crippen LogP contribution in [0.3, 0.4) is 0 Å². The van der Waals surface area contributed by atoms with E-state index in [1.807, 2.05) is 39.4 Å². The highest BCUT2D eigenvalue weighted by Gasteiger charge is 2.32. The Labute approximate surface area is 216 Å². The quantitative estimate of drug-likeness (QED) is 0.428. The third-order valence-corrected chi connectivity index (χ3v) is 7.71. The van der Waals surface area contributed by atoms with Crippen molar-refractivity contribution >= 4 is 23.2 Å². The molecule has 2 aliphatic heterocycles. The second-order valence-corrected chi connectivity index (χ2v) is 11.0. The van der Waals surface area contributed by atoms with Crippen molar-refractivity contribution < 1.29 is 14.3 Å². The van der Waals surface area contributed by atoms with Crippen LogP contribution >= 0.6 is 11.3 Å². The molecule has 1 fully saturated rings. The Balaban J connectivity index is 1.35. The molecular weight excluding hydrogens is 470 g/mol. The van der Waals surface area contributed by atoms with Crippen molar-refractivity contribution in [1.29, 1.82) is 0 Å². The van der Waals surface area contributed by atoms with Crippen molar-refractivity contribution in [3.05, 3.63) is 81.3 Å². The van der Waals surface area contributed by atoms with Crippen LogP contribution in [0.5, 0.6) is 5.75 Å². The van der Waals surface area contributed by atoms with Crippen LogP contribution in [0.25, 0.3) is 0 Å². The van der Waals surface area contributed by atoms with Crippen LogP contribution < -0.4 is 4.74 Å². The van der Waals surface area contributed by atoms with Gasteiger partial charge in [0, 0.05) is 31.4 Å². The summed E-state index contributed by atoms with van der Waals surface area (Å²) in [6, 6.07) is 16.3. The number of carbonyl (C=O) groups is 2. The van der Waals surface area contributed by atoms with Crippen LogP contribution in [0, 0.1) is 5.92 Å². The minimum atomic E-state index is -0.130. The normalized spacial score (nSPS) is 17.4. The minimum Gasteiger partial charge on any atom is -0.486 e. The molecule has 0 spiro atoms. The number of ether oxygens (including phenoxy) is 1. The number of nitrogens with zero attached hydrogens (tertiary/aromatic N) is 3. The van der Waals surface area contributed by atoms with E-state index in [0.29, 0.717) is 31.2 Å². The third-order valence-electron chi connectivity index (χ3n) is 6.89. The van der Waals surface area contributed by atoms with Gasteiger partial charge < -0.3 is 14.5 Å². The zero-order valence-electron chi connectivity index (χ0n) is 21.0. The molecule has 36 heavy (non-hydrogen) atoms. The van der Waals surface area contributed by atoms with Gasteiger partial charge in [-0.2, -0.15) is 0 Å². The first kappa shape index (κ1) is 24.5. The molecule has 2 aliphatic rings. The lowest BCUT2D eigenvalue weighted by Gasteiger charge is -2.38. The number of hydrogen-bond acceptors (Lipinski definition) is 5.